The van der Waals surface area contributed by atoms with Crippen LogP contribution in [0.2, 0.25) is 0 Å². The van der Waals surface area contributed by atoms with Gasteiger partial charge in [0.15, 0.2) is 0 Å². The molecule has 0 saturated carbocycles. The quantitative estimate of drug-likeness (QED) is 0.736. The third-order valence-electron chi connectivity index (χ3n) is 5.38. The van der Waals surface area contributed by atoms with Gasteiger partial charge in [-0.3, -0.25) is 0 Å². The van der Waals surface area contributed by atoms with E-state index in [-0.39, 0.29) is 30.5 Å². The van der Waals surface area contributed by atoms with Crippen molar-refractivity contribution in [3.63, 3.8) is 0 Å². The number of nitrogens with zero attached hydrogens (tertiary/aromatic N) is 1. The normalized spacial score (nSPS) is 19.7. The summed E-state index contributed by atoms with van der Waals surface area (Å²) >= 11 is 0. The fourth-order valence-electron chi connectivity index (χ4n) is 3.05. The molecule has 1 aliphatic rings. The maximum atomic E-state index is 12.4. The predicted octanol–water partition coefficient (Wildman–Crippen LogP) is 4.30. The summed E-state index contributed by atoms with van der Waals surface area (Å²) in [5, 5.41) is 0. The number of hydrogen-bond donors (Lipinski definition) is 0. The van der Waals surface area contributed by atoms with Crippen molar-refractivity contribution in [2.24, 2.45) is 0 Å². The number of carbonyl (C=O) groups is 1. The fourth-order valence-corrected chi connectivity index (χ4v) is 3.05. The van der Waals surface area contributed by atoms with Crippen molar-refractivity contribution >= 4 is 18.7 Å². The van der Waals surface area contributed by atoms with Crippen molar-refractivity contribution < 1.29 is 18.8 Å². The summed E-state index contributed by atoms with van der Waals surface area (Å²) in [7, 11) is 1.40. The average Bonchev–Trinajstić information content (AvgIpc) is 2.75. The van der Waals surface area contributed by atoms with Gasteiger partial charge in [0, 0.05) is 7.05 Å². The summed E-state index contributed by atoms with van der Waals surface area (Å²) in [5.41, 5.74) is 0.807. The van der Waals surface area contributed by atoms with Gasteiger partial charge in [-0.15, -0.1) is 0 Å². The molecule has 1 heterocycles. The lowest BCUT2D eigenvalue weighted by Gasteiger charge is -2.32. The summed E-state index contributed by atoms with van der Waals surface area (Å²) < 4.78 is 17.7. The van der Waals surface area contributed by atoms with Gasteiger partial charge in [-0.25, -0.2) is 4.79 Å². The lowest BCUT2D eigenvalue weighted by molar-refractivity contribution is 0.00578. The first-order valence-corrected chi connectivity index (χ1v) is 9.69. The second-order valence-corrected chi connectivity index (χ2v) is 9.27. The Morgan fingerprint density at radius 1 is 1.11 bits per heavy atom. The Labute approximate surface area is 164 Å². The molecule has 0 spiro atoms. The van der Waals surface area contributed by atoms with E-state index in [1.54, 1.807) is 11.9 Å². The van der Waals surface area contributed by atoms with Gasteiger partial charge in [0.25, 0.3) is 0 Å². The van der Waals surface area contributed by atoms with Crippen LogP contribution in [0.1, 0.15) is 73.4 Å². The van der Waals surface area contributed by atoms with Crippen LogP contribution in [0.5, 0.6) is 0 Å². The third kappa shape index (κ3) is 4.85. The largest absolute Gasteiger partial charge is 0.494 e. The molecule has 1 aliphatic heterocycles. The van der Waals surface area contributed by atoms with Crippen LogP contribution in [-0.2, 0) is 14.0 Å². The average molecular weight is 375 g/mol. The van der Waals surface area contributed by atoms with Crippen LogP contribution in [0.4, 0.5) is 4.79 Å². The molecule has 1 fully saturated rings. The van der Waals surface area contributed by atoms with E-state index in [0.717, 1.165) is 17.4 Å². The molecule has 6 heteroatoms. The molecule has 0 N–H and O–H groups in total. The maximum Gasteiger partial charge on any atom is 0.494 e. The highest BCUT2D eigenvalue weighted by Gasteiger charge is 2.51. The van der Waals surface area contributed by atoms with E-state index in [1.807, 2.05) is 72.7 Å². The van der Waals surface area contributed by atoms with E-state index in [9.17, 15) is 4.79 Å². The van der Waals surface area contributed by atoms with Gasteiger partial charge >= 0.3 is 13.2 Å². The lowest BCUT2D eigenvalue weighted by atomic mass is 9.78. The van der Waals surface area contributed by atoms with Crippen molar-refractivity contribution in [3.05, 3.63) is 29.8 Å². The van der Waals surface area contributed by atoms with E-state index < -0.39 is 5.60 Å². The number of benzene rings is 1. The number of rotatable bonds is 4. The van der Waals surface area contributed by atoms with Crippen molar-refractivity contribution in [1.29, 1.82) is 0 Å². The molecule has 1 aromatic rings. The van der Waals surface area contributed by atoms with Gasteiger partial charge in [0.1, 0.15) is 5.60 Å². The fraction of sp³-hybridized carbons (Fsp3) is 0.667. The number of carbonyl (C=O) groups excluding carboxylic acids is 1. The zero-order valence-electron chi connectivity index (χ0n) is 18.3. The number of ether oxygens (including phenoxy) is 1. The molecule has 1 atom stereocenters. The van der Waals surface area contributed by atoms with Crippen molar-refractivity contribution in [1.82, 2.24) is 4.90 Å². The van der Waals surface area contributed by atoms with E-state index in [1.165, 1.54) is 0 Å². The molecule has 150 valence electrons. The summed E-state index contributed by atoms with van der Waals surface area (Å²) in [5.74, 6) is 0. The minimum atomic E-state index is -0.510. The van der Waals surface area contributed by atoms with E-state index in [2.05, 4.69) is 6.92 Å². The molecule has 27 heavy (non-hydrogen) atoms. The zero-order chi connectivity index (χ0) is 20.6. The van der Waals surface area contributed by atoms with E-state index in [4.69, 9.17) is 14.0 Å². The molecule has 0 radical (unpaired) electrons. The smallest absolute Gasteiger partial charge is 0.444 e. The van der Waals surface area contributed by atoms with E-state index >= 15 is 0 Å². The first-order valence-electron chi connectivity index (χ1n) is 9.69. The molecular formula is C21H34BNO4. The highest BCUT2D eigenvalue weighted by molar-refractivity contribution is 6.62. The molecule has 1 amide bonds. The second-order valence-electron chi connectivity index (χ2n) is 9.27. The Balaban J connectivity index is 2.14. The third-order valence-corrected chi connectivity index (χ3v) is 5.38. The highest BCUT2D eigenvalue weighted by atomic mass is 16.7. The molecule has 1 saturated heterocycles. The first kappa shape index (κ1) is 21.8. The predicted molar refractivity (Wildman–Crippen MR) is 109 cm³/mol. The minimum absolute atomic E-state index is 0.0489. The van der Waals surface area contributed by atoms with E-state index in [0.29, 0.717) is 0 Å². The molecular weight excluding hydrogens is 341 g/mol. The number of hydrogen-bond acceptors (Lipinski definition) is 4. The Morgan fingerprint density at radius 3 is 2.00 bits per heavy atom. The molecule has 0 aromatic heterocycles. The summed E-state index contributed by atoms with van der Waals surface area (Å²) in [4.78, 5) is 14.1. The Hall–Kier alpha value is -1.53. The van der Waals surface area contributed by atoms with Crippen LogP contribution >= 0.6 is 0 Å². The van der Waals surface area contributed by atoms with Crippen LogP contribution in [0.3, 0.4) is 0 Å². The van der Waals surface area contributed by atoms with Gasteiger partial charge < -0.3 is 18.9 Å². The van der Waals surface area contributed by atoms with Gasteiger partial charge in [-0.2, -0.15) is 0 Å². The summed E-state index contributed by atoms with van der Waals surface area (Å²) in [6, 6.07) is 8.06. The monoisotopic (exact) mass is 375 g/mol. The SMILES string of the molecule is CC[C@@H](c1ccc(B2OC(C)(C)C(C)(C)O2)cc1)N(C)C(=O)OC(C)(C)C. The Kier molecular flexibility index (Phi) is 6.03. The Morgan fingerprint density at radius 2 is 1.59 bits per heavy atom. The molecule has 2 rings (SSSR count). The van der Waals surface area contributed by atoms with Gasteiger partial charge in [-0.1, -0.05) is 31.2 Å². The molecule has 5 nitrogen and oxygen atoms in total. The zero-order valence-corrected chi connectivity index (χ0v) is 18.3. The summed E-state index contributed by atoms with van der Waals surface area (Å²) in [6.45, 7) is 15.9. The topological polar surface area (TPSA) is 48.0 Å². The van der Waals surface area contributed by atoms with Gasteiger partial charge in [0.2, 0.25) is 0 Å². The van der Waals surface area contributed by atoms with Crippen LogP contribution in [0.25, 0.3) is 0 Å². The number of amides is 1. The highest BCUT2D eigenvalue weighted by Crippen LogP contribution is 2.36. The van der Waals surface area contributed by atoms with Crippen molar-refractivity contribution in [2.75, 3.05) is 7.05 Å². The van der Waals surface area contributed by atoms with Crippen LogP contribution in [-0.4, -0.2) is 42.0 Å². The Bertz CT molecular complexity index is 648. The van der Waals surface area contributed by atoms with Crippen LogP contribution < -0.4 is 5.46 Å². The second kappa shape index (κ2) is 7.48. The molecule has 0 unspecified atom stereocenters. The maximum absolute atomic E-state index is 12.4. The molecule has 0 bridgehead atoms. The standard InChI is InChI=1S/C21H34BNO4/c1-10-17(23(9)18(24)25-19(2,3)4)15-11-13-16(14-12-15)22-26-20(5,6)21(7,8)27-22/h11-14,17H,10H2,1-9H3/t17-/m0/s1. The minimum Gasteiger partial charge on any atom is -0.444 e. The molecule has 0 aliphatic carbocycles. The van der Waals surface area contributed by atoms with Gasteiger partial charge in [-0.05, 0) is 65.9 Å². The first-order chi connectivity index (χ1) is 12.3. The lowest BCUT2D eigenvalue weighted by Crippen LogP contribution is -2.41. The van der Waals surface area contributed by atoms with Crippen molar-refractivity contribution in [2.45, 2.75) is 84.7 Å². The van der Waals surface area contributed by atoms with Crippen molar-refractivity contribution in [3.8, 4) is 0 Å². The molecule has 1 aromatic carbocycles. The summed E-state index contributed by atoms with van der Waals surface area (Å²) in [6.07, 6.45) is 0.482. The van der Waals surface area contributed by atoms with Gasteiger partial charge in [0.05, 0.1) is 17.2 Å². The van der Waals surface area contributed by atoms with Crippen LogP contribution in [0.15, 0.2) is 24.3 Å². The van der Waals surface area contributed by atoms with Crippen LogP contribution in [0, 0.1) is 0 Å².